The summed E-state index contributed by atoms with van der Waals surface area (Å²) in [5.74, 6) is -4.59. The Labute approximate surface area is 326 Å². The summed E-state index contributed by atoms with van der Waals surface area (Å²) in [7, 11) is 9.25. The summed E-state index contributed by atoms with van der Waals surface area (Å²) in [5.41, 5.74) is 0.851. The molecule has 0 saturated carbocycles. The first kappa shape index (κ1) is 47.1. The van der Waals surface area contributed by atoms with Gasteiger partial charge in [0.05, 0.1) is 56.2 Å². The molecule has 1 heterocycles. The number of hydrogen-bond donors (Lipinski definition) is 3. The Morgan fingerprint density at radius 3 is 2.02 bits per heavy atom. The summed E-state index contributed by atoms with van der Waals surface area (Å²) >= 11 is 0. The van der Waals surface area contributed by atoms with Crippen LogP contribution in [0.3, 0.4) is 0 Å². The molecule has 15 heteroatoms. The predicted molar refractivity (Wildman–Crippen MR) is 207 cm³/mol. The highest BCUT2D eigenvalue weighted by atomic mass is 16.5. The predicted octanol–water partition coefficient (Wildman–Crippen LogP) is 2.35. The number of carboxylic acids is 1. The maximum absolute atomic E-state index is 14.2. The molecule has 0 radical (unpaired) electrons. The lowest BCUT2D eigenvalue weighted by atomic mass is 9.89. The van der Waals surface area contributed by atoms with Gasteiger partial charge >= 0.3 is 11.9 Å². The molecule has 1 aliphatic heterocycles. The average Bonchev–Trinajstić information content (AvgIpc) is 3.62. The van der Waals surface area contributed by atoms with Crippen LogP contribution in [0.2, 0.25) is 0 Å². The van der Waals surface area contributed by atoms with E-state index in [-0.39, 0.29) is 30.6 Å². The fourth-order valence-corrected chi connectivity index (χ4v) is 7.81. The molecular formula is C40H65N5O10. The van der Waals surface area contributed by atoms with Crippen molar-refractivity contribution < 1.29 is 48.1 Å². The quantitative estimate of drug-likeness (QED) is 0.147. The largest absolute Gasteiger partial charge is 0.481 e. The zero-order chi connectivity index (χ0) is 41.6. The van der Waals surface area contributed by atoms with Gasteiger partial charge in [0.15, 0.2) is 0 Å². The van der Waals surface area contributed by atoms with Gasteiger partial charge in [-0.15, -0.1) is 0 Å². The first-order valence-corrected chi connectivity index (χ1v) is 19.2. The number of nitrogens with zero attached hydrogens (tertiary/aromatic N) is 3. The van der Waals surface area contributed by atoms with Crippen molar-refractivity contribution in [1.29, 1.82) is 0 Å². The Kier molecular flexibility index (Phi) is 19.2. The maximum atomic E-state index is 14.2. The number of likely N-dealkylation sites (tertiary alicyclic amines) is 1. The van der Waals surface area contributed by atoms with Crippen molar-refractivity contribution in [2.45, 2.75) is 116 Å². The summed E-state index contributed by atoms with van der Waals surface area (Å²) in [6, 6.07) is 5.31. The third-order valence-electron chi connectivity index (χ3n) is 10.8. The number of methoxy groups -OCH3 is 3. The lowest BCUT2D eigenvalue weighted by Crippen LogP contribution is -2.59. The van der Waals surface area contributed by atoms with Crippen molar-refractivity contribution in [3.05, 3.63) is 35.9 Å². The standard InChI is InChI=1S/C40H65N5O10/c1-12-25(4)35(44(8)39(51)28(22-33(47)48)41-38(50)34(24(2)3)43(6)7)31(53-9)23-32(46)45-20-16-19-30(45)36(54-10)26(5)37(49)42-29(40(52)55-11)21-27-17-14-13-15-18-27/h13-15,17-18,24-26,28-31,34-36H,12,16,19-23H2,1-11H3,(H,41,50)(H,42,49)(H,47,48)/t25-,26+,28-,29-,30-,31+,34-,35-,36+/m0/s1. The molecular weight excluding hydrogens is 710 g/mol. The van der Waals surface area contributed by atoms with Crippen LogP contribution in [-0.4, -0.2) is 147 Å². The number of likely N-dealkylation sites (N-methyl/N-ethyl adjacent to an activating group) is 2. The van der Waals surface area contributed by atoms with Crippen molar-refractivity contribution >= 4 is 35.6 Å². The molecule has 3 N–H and O–H groups in total. The van der Waals surface area contributed by atoms with E-state index in [9.17, 15) is 33.9 Å². The van der Waals surface area contributed by atoms with E-state index in [0.29, 0.717) is 25.8 Å². The number of aliphatic carboxylic acids is 1. The Balaban J connectivity index is 2.30. The summed E-state index contributed by atoms with van der Waals surface area (Å²) < 4.78 is 16.8. The monoisotopic (exact) mass is 775 g/mol. The third kappa shape index (κ3) is 13.0. The van der Waals surface area contributed by atoms with Crippen LogP contribution in [0.15, 0.2) is 30.3 Å². The highest BCUT2D eigenvalue weighted by Gasteiger charge is 2.43. The van der Waals surface area contributed by atoms with Gasteiger partial charge in [0.1, 0.15) is 12.1 Å². The van der Waals surface area contributed by atoms with E-state index in [1.807, 2.05) is 58.0 Å². The van der Waals surface area contributed by atoms with Gasteiger partial charge in [0.2, 0.25) is 23.6 Å². The molecule has 15 nitrogen and oxygen atoms in total. The molecule has 0 aliphatic carbocycles. The second kappa shape index (κ2) is 22.5. The molecule has 1 aliphatic rings. The van der Waals surface area contributed by atoms with Crippen LogP contribution in [0.4, 0.5) is 0 Å². The van der Waals surface area contributed by atoms with Crippen molar-refractivity contribution in [3.63, 3.8) is 0 Å². The number of carbonyl (C=O) groups is 6. The van der Waals surface area contributed by atoms with Crippen LogP contribution in [0.5, 0.6) is 0 Å². The van der Waals surface area contributed by atoms with E-state index in [0.717, 1.165) is 5.56 Å². The normalized spacial score (nSPS) is 18.7. The number of carbonyl (C=O) groups excluding carboxylic acids is 5. The minimum atomic E-state index is -1.35. The summed E-state index contributed by atoms with van der Waals surface area (Å²) in [6.07, 6.45) is -0.106. The fourth-order valence-electron chi connectivity index (χ4n) is 7.81. The second-order valence-electron chi connectivity index (χ2n) is 15.2. The van der Waals surface area contributed by atoms with Gasteiger partial charge in [-0.2, -0.15) is 0 Å². The number of carboxylic acid groups (broad SMARTS) is 1. The van der Waals surface area contributed by atoms with Crippen LogP contribution in [0.25, 0.3) is 0 Å². The van der Waals surface area contributed by atoms with E-state index >= 15 is 0 Å². The maximum Gasteiger partial charge on any atom is 0.328 e. The van der Waals surface area contributed by atoms with Gasteiger partial charge < -0.3 is 39.8 Å². The molecule has 0 aromatic heterocycles. The third-order valence-corrected chi connectivity index (χ3v) is 10.8. The highest BCUT2D eigenvalue weighted by Crippen LogP contribution is 2.29. The van der Waals surface area contributed by atoms with Crippen molar-refractivity contribution in [2.24, 2.45) is 17.8 Å². The number of amides is 4. The smallest absolute Gasteiger partial charge is 0.328 e. The zero-order valence-corrected chi connectivity index (χ0v) is 34.6. The van der Waals surface area contributed by atoms with Gasteiger partial charge in [-0.05, 0) is 44.3 Å². The number of ether oxygens (including phenoxy) is 3. The fraction of sp³-hybridized carbons (Fsp3) is 0.700. The first-order valence-electron chi connectivity index (χ1n) is 19.2. The molecule has 1 saturated heterocycles. The molecule has 1 aromatic rings. The number of benzene rings is 1. The van der Waals surface area contributed by atoms with E-state index in [1.54, 1.807) is 37.9 Å². The second-order valence-corrected chi connectivity index (χ2v) is 15.2. The van der Waals surface area contributed by atoms with E-state index in [2.05, 4.69) is 10.6 Å². The SMILES string of the molecule is CC[C@H](C)[C@@H]([C@@H](CC(=O)N1CCC[C@H]1[C@H](OC)[C@@H](C)C(=O)N[C@@H](Cc1ccccc1)C(=O)OC)OC)N(C)C(=O)[C@H](CC(=O)O)NC(=O)[C@H](C(C)C)N(C)C. The molecule has 55 heavy (non-hydrogen) atoms. The van der Waals surface area contributed by atoms with Gasteiger partial charge in [-0.1, -0.05) is 71.4 Å². The van der Waals surface area contributed by atoms with Crippen molar-refractivity contribution in [1.82, 2.24) is 25.3 Å². The van der Waals surface area contributed by atoms with Gasteiger partial charge in [0.25, 0.3) is 0 Å². The number of rotatable bonds is 22. The molecule has 1 aromatic carbocycles. The van der Waals surface area contributed by atoms with Crippen molar-refractivity contribution in [3.8, 4) is 0 Å². The molecule has 0 spiro atoms. The molecule has 4 amide bonds. The van der Waals surface area contributed by atoms with Crippen LogP contribution < -0.4 is 10.6 Å². The minimum Gasteiger partial charge on any atom is -0.481 e. The lowest BCUT2D eigenvalue weighted by Gasteiger charge is -2.40. The average molecular weight is 776 g/mol. The Morgan fingerprint density at radius 1 is 0.891 bits per heavy atom. The topological polar surface area (TPSA) is 184 Å². The molecule has 0 bridgehead atoms. The van der Waals surface area contributed by atoms with E-state index in [4.69, 9.17) is 14.2 Å². The van der Waals surface area contributed by atoms with Gasteiger partial charge in [-0.25, -0.2) is 4.79 Å². The summed E-state index contributed by atoms with van der Waals surface area (Å²) in [6.45, 7) is 9.73. The molecule has 1 fully saturated rings. The first-order chi connectivity index (χ1) is 25.9. The van der Waals surface area contributed by atoms with Gasteiger partial charge in [-0.3, -0.25) is 28.9 Å². The van der Waals surface area contributed by atoms with Crippen LogP contribution in [-0.2, 0) is 49.4 Å². The Hall–Kier alpha value is -4.08. The Bertz CT molecular complexity index is 1420. The molecule has 9 atom stereocenters. The van der Waals surface area contributed by atoms with Crippen LogP contribution in [0.1, 0.15) is 72.3 Å². The molecule has 2 rings (SSSR count). The molecule has 0 unspecified atom stereocenters. The lowest BCUT2D eigenvalue weighted by molar-refractivity contribution is -0.149. The summed E-state index contributed by atoms with van der Waals surface area (Å²) in [5, 5.41) is 15.2. The minimum absolute atomic E-state index is 0.106. The van der Waals surface area contributed by atoms with Crippen molar-refractivity contribution in [2.75, 3.05) is 49.0 Å². The number of esters is 1. The van der Waals surface area contributed by atoms with E-state index in [1.165, 1.54) is 26.2 Å². The van der Waals surface area contributed by atoms with Crippen LogP contribution >= 0.6 is 0 Å². The Morgan fingerprint density at radius 2 is 1.51 bits per heavy atom. The summed E-state index contributed by atoms with van der Waals surface area (Å²) in [4.78, 5) is 84.6. The van der Waals surface area contributed by atoms with Crippen LogP contribution in [0, 0.1) is 17.8 Å². The zero-order valence-electron chi connectivity index (χ0n) is 34.6. The highest BCUT2D eigenvalue weighted by molar-refractivity contribution is 5.92. The van der Waals surface area contributed by atoms with E-state index < -0.39 is 84.4 Å². The molecule has 310 valence electrons. The number of nitrogens with one attached hydrogen (secondary N) is 2. The number of hydrogen-bond acceptors (Lipinski definition) is 10. The van der Waals surface area contributed by atoms with Gasteiger partial charge in [0, 0.05) is 34.2 Å².